The van der Waals surface area contributed by atoms with Crippen LogP contribution in [-0.4, -0.2) is 19.0 Å². The molecule has 1 aromatic carbocycles. The first-order chi connectivity index (χ1) is 9.43. The SMILES string of the molecule is O=C(NCCNc1c(F)c(F)c(F)c(F)c1F)C1CC1. The molecule has 0 unspecified atom stereocenters. The van der Waals surface area contributed by atoms with Gasteiger partial charge >= 0.3 is 0 Å². The molecule has 0 aromatic heterocycles. The van der Waals surface area contributed by atoms with E-state index >= 15 is 0 Å². The van der Waals surface area contributed by atoms with Crippen LogP contribution in [-0.2, 0) is 4.79 Å². The summed E-state index contributed by atoms with van der Waals surface area (Å²) in [5.41, 5.74) is -1.10. The molecule has 2 N–H and O–H groups in total. The fourth-order valence-electron chi connectivity index (χ4n) is 1.62. The van der Waals surface area contributed by atoms with Gasteiger partial charge in [-0.1, -0.05) is 0 Å². The Hall–Kier alpha value is -1.86. The van der Waals surface area contributed by atoms with E-state index in [2.05, 4.69) is 10.6 Å². The molecule has 110 valence electrons. The molecule has 0 radical (unpaired) electrons. The van der Waals surface area contributed by atoms with Gasteiger partial charge in [0, 0.05) is 19.0 Å². The lowest BCUT2D eigenvalue weighted by Gasteiger charge is -2.11. The Morgan fingerprint density at radius 1 is 0.900 bits per heavy atom. The molecule has 2 rings (SSSR count). The average Bonchev–Trinajstić information content (AvgIpc) is 3.26. The molecule has 1 aromatic rings. The topological polar surface area (TPSA) is 41.1 Å². The summed E-state index contributed by atoms with van der Waals surface area (Å²) in [6.45, 7) is -0.133. The molecule has 3 nitrogen and oxygen atoms in total. The van der Waals surface area contributed by atoms with Gasteiger partial charge < -0.3 is 10.6 Å². The van der Waals surface area contributed by atoms with E-state index in [1.807, 2.05) is 0 Å². The number of hydrogen-bond acceptors (Lipinski definition) is 2. The minimum Gasteiger partial charge on any atom is -0.378 e. The lowest BCUT2D eigenvalue weighted by atomic mass is 10.2. The third-order valence-electron chi connectivity index (χ3n) is 2.88. The Labute approximate surface area is 111 Å². The summed E-state index contributed by atoms with van der Waals surface area (Å²) in [4.78, 5) is 11.2. The van der Waals surface area contributed by atoms with Gasteiger partial charge in [0.25, 0.3) is 0 Å². The van der Waals surface area contributed by atoms with Crippen LogP contribution in [0.1, 0.15) is 12.8 Å². The molecular formula is C12H11F5N2O. The van der Waals surface area contributed by atoms with Gasteiger partial charge in [0.1, 0.15) is 5.69 Å². The number of rotatable bonds is 5. The summed E-state index contributed by atoms with van der Waals surface area (Å²) < 4.78 is 65.1. The van der Waals surface area contributed by atoms with E-state index in [4.69, 9.17) is 0 Å². The molecule has 1 saturated carbocycles. The number of halogens is 5. The van der Waals surface area contributed by atoms with Gasteiger partial charge in [0.2, 0.25) is 11.7 Å². The van der Waals surface area contributed by atoms with Gasteiger partial charge in [0.15, 0.2) is 23.3 Å². The number of hydrogen-bond donors (Lipinski definition) is 2. The largest absolute Gasteiger partial charge is 0.378 e. The van der Waals surface area contributed by atoms with Gasteiger partial charge in [-0.05, 0) is 12.8 Å². The van der Waals surface area contributed by atoms with Gasteiger partial charge in [-0.2, -0.15) is 0 Å². The van der Waals surface area contributed by atoms with E-state index in [-0.39, 0.29) is 24.9 Å². The van der Waals surface area contributed by atoms with Crippen molar-refractivity contribution in [3.63, 3.8) is 0 Å². The fourth-order valence-corrected chi connectivity index (χ4v) is 1.62. The Morgan fingerprint density at radius 2 is 1.40 bits per heavy atom. The van der Waals surface area contributed by atoms with Crippen LogP contribution in [0.4, 0.5) is 27.6 Å². The normalized spacial score (nSPS) is 14.2. The summed E-state index contributed by atoms with van der Waals surface area (Å²) in [6.07, 6.45) is 1.60. The number of nitrogens with one attached hydrogen (secondary N) is 2. The van der Waals surface area contributed by atoms with E-state index in [0.29, 0.717) is 0 Å². The van der Waals surface area contributed by atoms with Crippen molar-refractivity contribution in [3.05, 3.63) is 29.1 Å². The quantitative estimate of drug-likeness (QED) is 0.379. The molecule has 0 heterocycles. The van der Waals surface area contributed by atoms with Crippen LogP contribution in [0.25, 0.3) is 0 Å². The highest BCUT2D eigenvalue weighted by molar-refractivity contribution is 5.80. The van der Waals surface area contributed by atoms with Crippen LogP contribution in [0.15, 0.2) is 0 Å². The van der Waals surface area contributed by atoms with E-state index in [9.17, 15) is 26.7 Å². The Balaban J connectivity index is 1.97. The molecule has 0 bridgehead atoms. The minimum absolute atomic E-state index is 0.0226. The zero-order chi connectivity index (χ0) is 14.9. The first kappa shape index (κ1) is 14.5. The lowest BCUT2D eigenvalue weighted by Crippen LogP contribution is -2.30. The van der Waals surface area contributed by atoms with Crippen molar-refractivity contribution in [2.75, 3.05) is 18.4 Å². The van der Waals surface area contributed by atoms with Crippen molar-refractivity contribution in [1.82, 2.24) is 5.32 Å². The maximum atomic E-state index is 13.3. The van der Waals surface area contributed by atoms with Gasteiger partial charge in [-0.15, -0.1) is 0 Å². The highest BCUT2D eigenvalue weighted by atomic mass is 19.2. The summed E-state index contributed by atoms with van der Waals surface area (Å²) in [5, 5.41) is 4.58. The molecule has 0 spiro atoms. The maximum Gasteiger partial charge on any atom is 0.223 e. The lowest BCUT2D eigenvalue weighted by molar-refractivity contribution is -0.122. The average molecular weight is 294 g/mol. The molecule has 0 saturated heterocycles. The molecular weight excluding hydrogens is 283 g/mol. The van der Waals surface area contributed by atoms with Crippen molar-refractivity contribution >= 4 is 11.6 Å². The third-order valence-corrected chi connectivity index (χ3v) is 2.88. The predicted molar refractivity (Wildman–Crippen MR) is 60.5 cm³/mol. The molecule has 0 aliphatic heterocycles. The molecule has 20 heavy (non-hydrogen) atoms. The fraction of sp³-hybridized carbons (Fsp3) is 0.417. The zero-order valence-corrected chi connectivity index (χ0v) is 10.2. The molecule has 1 amide bonds. The second-order valence-electron chi connectivity index (χ2n) is 4.44. The van der Waals surface area contributed by atoms with Crippen molar-refractivity contribution < 1.29 is 26.7 Å². The van der Waals surface area contributed by atoms with E-state index in [1.165, 1.54) is 0 Å². The summed E-state index contributed by atoms with van der Waals surface area (Å²) in [6, 6.07) is 0. The number of carbonyl (C=O) groups is 1. The highest BCUT2D eigenvalue weighted by Gasteiger charge is 2.29. The van der Waals surface area contributed by atoms with Crippen molar-refractivity contribution in [2.45, 2.75) is 12.8 Å². The first-order valence-electron chi connectivity index (χ1n) is 5.96. The van der Waals surface area contributed by atoms with Gasteiger partial charge in [0.05, 0.1) is 0 Å². The smallest absolute Gasteiger partial charge is 0.223 e. The standard InChI is InChI=1S/C12H11F5N2O/c13-6-7(14)9(16)11(10(17)8(6)15)18-3-4-19-12(20)5-1-2-5/h5,18H,1-4H2,(H,19,20). The molecule has 8 heteroatoms. The van der Waals surface area contributed by atoms with Gasteiger partial charge in [-0.25, -0.2) is 22.0 Å². The Bertz CT molecular complexity index is 516. The highest BCUT2D eigenvalue weighted by Crippen LogP contribution is 2.29. The maximum absolute atomic E-state index is 13.3. The Kier molecular flexibility index (Phi) is 4.10. The van der Waals surface area contributed by atoms with Crippen LogP contribution in [0, 0.1) is 35.0 Å². The van der Waals surface area contributed by atoms with Crippen LogP contribution < -0.4 is 10.6 Å². The van der Waals surface area contributed by atoms with E-state index < -0.39 is 34.8 Å². The van der Waals surface area contributed by atoms with Crippen LogP contribution >= 0.6 is 0 Å². The van der Waals surface area contributed by atoms with Crippen molar-refractivity contribution in [3.8, 4) is 0 Å². The molecule has 1 fully saturated rings. The van der Waals surface area contributed by atoms with Crippen molar-refractivity contribution in [1.29, 1.82) is 0 Å². The molecule has 1 aliphatic rings. The summed E-state index contributed by atoms with van der Waals surface area (Å²) >= 11 is 0. The second kappa shape index (κ2) is 5.64. The molecule has 0 atom stereocenters. The molecule has 1 aliphatic carbocycles. The predicted octanol–water partition coefficient (Wildman–Crippen LogP) is 2.32. The second-order valence-corrected chi connectivity index (χ2v) is 4.44. The summed E-state index contributed by atoms with van der Waals surface area (Å²) in [7, 11) is 0. The van der Waals surface area contributed by atoms with Crippen LogP contribution in [0.2, 0.25) is 0 Å². The van der Waals surface area contributed by atoms with Crippen LogP contribution in [0.3, 0.4) is 0 Å². The Morgan fingerprint density at radius 3 is 1.90 bits per heavy atom. The summed E-state index contributed by atoms with van der Waals surface area (Å²) in [5.74, 6) is -10.3. The number of benzene rings is 1. The number of carbonyl (C=O) groups excluding carboxylic acids is 1. The number of amides is 1. The zero-order valence-electron chi connectivity index (χ0n) is 10.2. The van der Waals surface area contributed by atoms with Crippen LogP contribution in [0.5, 0.6) is 0 Å². The monoisotopic (exact) mass is 294 g/mol. The first-order valence-corrected chi connectivity index (χ1v) is 5.96. The third kappa shape index (κ3) is 2.83. The van der Waals surface area contributed by atoms with E-state index in [1.54, 1.807) is 0 Å². The minimum atomic E-state index is -2.20. The van der Waals surface area contributed by atoms with Crippen molar-refractivity contribution in [2.24, 2.45) is 5.92 Å². The van der Waals surface area contributed by atoms with E-state index in [0.717, 1.165) is 12.8 Å². The van der Waals surface area contributed by atoms with Gasteiger partial charge in [-0.3, -0.25) is 4.79 Å². The number of anilines is 1.